The average Bonchev–Trinajstić information content (AvgIpc) is 2.26. The summed E-state index contributed by atoms with van der Waals surface area (Å²) in [6.45, 7) is 0. The van der Waals surface area contributed by atoms with Crippen molar-refractivity contribution in [3.8, 4) is 5.75 Å². The van der Waals surface area contributed by atoms with Gasteiger partial charge in [-0.3, -0.25) is 10.1 Å². The third kappa shape index (κ3) is 1.70. The molecule has 7 heteroatoms. The van der Waals surface area contributed by atoms with E-state index in [2.05, 4.69) is 10.3 Å². The second kappa shape index (κ2) is 4.02. The van der Waals surface area contributed by atoms with Crippen LogP contribution in [0, 0.1) is 14.8 Å². The van der Waals surface area contributed by atoms with Crippen LogP contribution in [0.4, 0.5) is 11.4 Å². The van der Waals surface area contributed by atoms with E-state index in [9.17, 15) is 15.2 Å². The number of nitro groups is 1. The van der Waals surface area contributed by atoms with Gasteiger partial charge in [0.2, 0.25) is 0 Å². The quantitative estimate of drug-likeness (QED) is 0.433. The molecular weight excluding hydrogens is 242 g/mol. The molecule has 0 amide bonds. The molecule has 0 fully saturated rings. The van der Waals surface area contributed by atoms with Crippen molar-refractivity contribution < 1.29 is 10.0 Å². The Bertz CT molecular complexity index is 666. The molecular formula is C10H9N3O3S. The molecule has 0 radical (unpaired) electrons. The fraction of sp³-hybridized carbons (Fsp3) is 0.100. The first kappa shape index (κ1) is 11.3. The van der Waals surface area contributed by atoms with Crippen molar-refractivity contribution >= 4 is 34.5 Å². The summed E-state index contributed by atoms with van der Waals surface area (Å²) in [5, 5.41) is 23.8. The molecule has 0 saturated heterocycles. The lowest BCUT2D eigenvalue weighted by Gasteiger charge is -2.08. The normalized spacial score (nSPS) is 10.4. The molecule has 0 atom stereocenters. The number of H-pyrrole nitrogens is 1. The van der Waals surface area contributed by atoms with Gasteiger partial charge >= 0.3 is 5.69 Å². The van der Waals surface area contributed by atoms with Crippen molar-refractivity contribution in [3.05, 3.63) is 33.0 Å². The van der Waals surface area contributed by atoms with Crippen LogP contribution in [-0.4, -0.2) is 22.1 Å². The molecule has 0 aliphatic heterocycles. The smallest absolute Gasteiger partial charge is 0.327 e. The second-order valence-electron chi connectivity index (χ2n) is 3.38. The van der Waals surface area contributed by atoms with E-state index in [4.69, 9.17) is 12.2 Å². The first-order valence-electron chi connectivity index (χ1n) is 4.76. The summed E-state index contributed by atoms with van der Waals surface area (Å²) in [5.41, 5.74) is 0.522. The Hall–Kier alpha value is -2.15. The van der Waals surface area contributed by atoms with E-state index in [1.165, 1.54) is 6.07 Å². The van der Waals surface area contributed by atoms with E-state index in [1.54, 1.807) is 19.2 Å². The number of phenols is 1. The van der Waals surface area contributed by atoms with Gasteiger partial charge in [0, 0.05) is 7.05 Å². The monoisotopic (exact) mass is 251 g/mol. The molecule has 0 bridgehead atoms. The summed E-state index contributed by atoms with van der Waals surface area (Å²) in [4.78, 5) is 13.1. The van der Waals surface area contributed by atoms with E-state index in [1.807, 2.05) is 0 Å². The molecule has 1 aromatic heterocycles. The molecule has 6 nitrogen and oxygen atoms in total. The second-order valence-corrected chi connectivity index (χ2v) is 3.79. The maximum atomic E-state index is 11.0. The molecule has 2 rings (SSSR count). The molecule has 0 aliphatic carbocycles. The van der Waals surface area contributed by atoms with E-state index >= 15 is 0 Å². The van der Waals surface area contributed by atoms with Gasteiger partial charge in [-0.15, -0.1) is 0 Å². The molecule has 0 saturated carbocycles. The highest BCUT2D eigenvalue weighted by Crippen LogP contribution is 2.37. The van der Waals surface area contributed by atoms with Crippen LogP contribution in [0.5, 0.6) is 5.75 Å². The Morgan fingerprint density at radius 1 is 1.53 bits per heavy atom. The van der Waals surface area contributed by atoms with Gasteiger partial charge in [-0.05, 0) is 12.1 Å². The molecule has 2 aromatic rings. The maximum Gasteiger partial charge on any atom is 0.327 e. The topological polar surface area (TPSA) is 91.2 Å². The fourth-order valence-electron chi connectivity index (χ4n) is 1.74. The summed E-state index contributed by atoms with van der Waals surface area (Å²) in [6, 6.07) is 4.79. The summed E-state index contributed by atoms with van der Waals surface area (Å²) in [6.07, 6.45) is 0. The minimum Gasteiger partial charge on any atom is -0.507 e. The lowest BCUT2D eigenvalue weighted by atomic mass is 10.1. The zero-order valence-electron chi connectivity index (χ0n) is 8.85. The lowest BCUT2D eigenvalue weighted by molar-refractivity contribution is -0.384. The highest BCUT2D eigenvalue weighted by molar-refractivity contribution is 7.71. The summed E-state index contributed by atoms with van der Waals surface area (Å²) < 4.78 is 0.0254. The van der Waals surface area contributed by atoms with Gasteiger partial charge in [0.25, 0.3) is 0 Å². The molecule has 0 aliphatic rings. The molecule has 3 N–H and O–H groups in total. The number of aromatic amines is 1. The Balaban J connectivity index is 3.03. The number of nitrogens with zero attached hydrogens (tertiary/aromatic N) is 1. The number of aromatic hydroxyl groups is 1. The van der Waals surface area contributed by atoms with Crippen molar-refractivity contribution in [3.63, 3.8) is 0 Å². The molecule has 0 unspecified atom stereocenters. The summed E-state index contributed by atoms with van der Waals surface area (Å²) in [5.74, 6) is -0.0406. The number of benzene rings is 1. The van der Waals surface area contributed by atoms with Crippen LogP contribution in [0.3, 0.4) is 0 Å². The fourth-order valence-corrected chi connectivity index (χ4v) is 2.02. The predicted molar refractivity (Wildman–Crippen MR) is 67.0 cm³/mol. The zero-order chi connectivity index (χ0) is 12.6. The van der Waals surface area contributed by atoms with Crippen LogP contribution in [0.15, 0.2) is 18.2 Å². The Morgan fingerprint density at radius 3 is 2.82 bits per heavy atom. The number of pyridine rings is 1. The number of hydrogen-bond donors (Lipinski definition) is 3. The minimum atomic E-state index is -0.573. The highest BCUT2D eigenvalue weighted by atomic mass is 32.1. The van der Waals surface area contributed by atoms with Gasteiger partial charge < -0.3 is 15.4 Å². The number of phenolic OH excluding ortho intramolecular Hbond substituents is 1. The van der Waals surface area contributed by atoms with Gasteiger partial charge in [-0.1, -0.05) is 18.3 Å². The third-order valence-corrected chi connectivity index (χ3v) is 2.72. The molecule has 17 heavy (non-hydrogen) atoms. The molecule has 1 heterocycles. The number of nitrogens with one attached hydrogen (secondary N) is 2. The van der Waals surface area contributed by atoms with Crippen LogP contribution >= 0.6 is 12.2 Å². The largest absolute Gasteiger partial charge is 0.507 e. The van der Waals surface area contributed by atoms with Crippen molar-refractivity contribution in [1.29, 1.82) is 0 Å². The standard InChI is InChI=1S/C10H9N3O3S/c1-11-8-7-5(3-2-4-6(7)14)12-10(17)9(8)13(15)16/h2-4,14H,1H3,(H2,11,12,17). The van der Waals surface area contributed by atoms with Crippen LogP contribution in [0.2, 0.25) is 0 Å². The van der Waals surface area contributed by atoms with Crippen molar-refractivity contribution in [2.45, 2.75) is 0 Å². The minimum absolute atomic E-state index is 0.0254. The van der Waals surface area contributed by atoms with Crippen LogP contribution in [0.1, 0.15) is 0 Å². The summed E-state index contributed by atoms with van der Waals surface area (Å²) in [7, 11) is 1.54. The van der Waals surface area contributed by atoms with Crippen LogP contribution in [-0.2, 0) is 0 Å². The number of fused-ring (bicyclic) bond motifs is 1. The van der Waals surface area contributed by atoms with E-state index in [0.717, 1.165) is 0 Å². The van der Waals surface area contributed by atoms with Crippen LogP contribution in [0.25, 0.3) is 10.9 Å². The van der Waals surface area contributed by atoms with E-state index in [0.29, 0.717) is 10.9 Å². The summed E-state index contributed by atoms with van der Waals surface area (Å²) >= 11 is 4.93. The van der Waals surface area contributed by atoms with Gasteiger partial charge in [0.05, 0.1) is 15.8 Å². The number of aromatic nitrogens is 1. The molecule has 0 spiro atoms. The van der Waals surface area contributed by atoms with Crippen molar-refractivity contribution in [2.75, 3.05) is 12.4 Å². The number of anilines is 1. The third-order valence-electron chi connectivity index (χ3n) is 2.43. The highest BCUT2D eigenvalue weighted by Gasteiger charge is 2.21. The molecule has 1 aromatic carbocycles. The first-order valence-corrected chi connectivity index (χ1v) is 5.17. The van der Waals surface area contributed by atoms with E-state index < -0.39 is 4.92 Å². The van der Waals surface area contributed by atoms with E-state index in [-0.39, 0.29) is 21.8 Å². The van der Waals surface area contributed by atoms with Crippen molar-refractivity contribution in [2.24, 2.45) is 0 Å². The predicted octanol–water partition coefficient (Wildman–Crippen LogP) is 2.55. The Labute approximate surface area is 101 Å². The number of hydrogen-bond acceptors (Lipinski definition) is 5. The lowest BCUT2D eigenvalue weighted by Crippen LogP contribution is -2.00. The number of rotatable bonds is 2. The zero-order valence-corrected chi connectivity index (χ0v) is 9.67. The first-order chi connectivity index (χ1) is 8.06. The van der Waals surface area contributed by atoms with Gasteiger partial charge in [-0.2, -0.15) is 0 Å². The van der Waals surface area contributed by atoms with Gasteiger partial charge in [-0.25, -0.2) is 0 Å². The maximum absolute atomic E-state index is 11.0. The SMILES string of the molecule is CNc1c([N+](=O)[O-])c(=S)[nH]c2cccc(O)c12. The van der Waals surface area contributed by atoms with Crippen molar-refractivity contribution in [1.82, 2.24) is 4.98 Å². The Morgan fingerprint density at radius 2 is 2.24 bits per heavy atom. The van der Waals surface area contributed by atoms with Gasteiger partial charge in [0.15, 0.2) is 4.64 Å². The van der Waals surface area contributed by atoms with Crippen LogP contribution < -0.4 is 5.32 Å². The average molecular weight is 251 g/mol. The molecule has 88 valence electrons. The van der Waals surface area contributed by atoms with Gasteiger partial charge in [0.1, 0.15) is 11.4 Å². The Kier molecular flexibility index (Phi) is 2.68.